The number of rotatable bonds is 4. The molecule has 8 N–H and O–H groups in total. The number of hydrogen-bond acceptors (Lipinski definition) is 2. The van der Waals surface area contributed by atoms with E-state index >= 15 is 0 Å². The van der Waals surface area contributed by atoms with E-state index in [1.807, 2.05) is 25.2 Å². The Labute approximate surface area is 160 Å². The van der Waals surface area contributed by atoms with Crippen LogP contribution in [0.25, 0.3) is 0 Å². The quantitative estimate of drug-likeness (QED) is 0.490. The van der Waals surface area contributed by atoms with Gasteiger partial charge in [-0.25, -0.2) is 16.7 Å². The fourth-order valence-corrected chi connectivity index (χ4v) is 6.23. The van der Waals surface area contributed by atoms with E-state index in [9.17, 15) is 0 Å². The average Bonchev–Trinajstić information content (AvgIpc) is 2.28. The Morgan fingerprint density at radius 2 is 1.31 bits per heavy atom. The topological polar surface area (TPSA) is 123 Å². The zero-order chi connectivity index (χ0) is 21.1. The predicted octanol–water partition coefficient (Wildman–Crippen LogP) is 2.48. The van der Waals surface area contributed by atoms with Crippen LogP contribution in [0.5, 0.6) is 0 Å². The van der Waals surface area contributed by atoms with E-state index in [2.05, 4.69) is 57.0 Å². The van der Waals surface area contributed by atoms with Crippen molar-refractivity contribution in [3.05, 3.63) is 24.0 Å². The van der Waals surface area contributed by atoms with Crippen LogP contribution < -0.4 is 22.0 Å². The first-order valence-electron chi connectivity index (χ1n) is 8.34. The number of nitrogens with two attached hydrogens (primary N) is 4. The Balaban J connectivity index is 3.28. The molecule has 0 fully saturated rings. The van der Waals surface area contributed by atoms with Gasteiger partial charge in [0.1, 0.15) is 12.3 Å². The molecule has 0 saturated heterocycles. The lowest BCUT2D eigenvalue weighted by molar-refractivity contribution is 0.113. The molecule has 6 nitrogen and oxygen atoms in total. The highest BCUT2D eigenvalue weighted by Crippen LogP contribution is 2.53. The zero-order valence-electron chi connectivity index (χ0n) is 18.1. The van der Waals surface area contributed by atoms with Gasteiger partial charge in [-0.15, -0.1) is 0 Å². The molecule has 0 aliphatic heterocycles. The molecule has 0 spiro atoms. The number of allylic oxidation sites excluding steroid dienone is 1. The van der Waals surface area contributed by atoms with Gasteiger partial charge in [0.05, 0.1) is 5.60 Å². The van der Waals surface area contributed by atoms with E-state index in [0.717, 1.165) is 0 Å². The Morgan fingerprint density at radius 1 is 0.885 bits per heavy atom. The lowest BCUT2D eigenvalue weighted by atomic mass is 9.87. The van der Waals surface area contributed by atoms with Crippen molar-refractivity contribution in [2.24, 2.45) is 27.9 Å². The van der Waals surface area contributed by atoms with E-state index in [1.165, 1.54) is 0 Å². The normalized spacial score (nSPS) is 28.5. The molecule has 0 bridgehead atoms. The monoisotopic (exact) mass is 448 g/mol. The molecule has 0 saturated carbocycles. The molecule has 0 aromatic rings. The highest BCUT2D eigenvalue weighted by atomic mass is 32.6. The summed E-state index contributed by atoms with van der Waals surface area (Å²) in [5.41, 5.74) is 25.3. The fourth-order valence-electron chi connectivity index (χ4n) is 1.81. The van der Waals surface area contributed by atoms with Crippen LogP contribution in [0.4, 0.5) is 0 Å². The van der Waals surface area contributed by atoms with Gasteiger partial charge in [0, 0.05) is 5.92 Å². The summed E-state index contributed by atoms with van der Waals surface area (Å²) < 4.78 is 12.5. The summed E-state index contributed by atoms with van der Waals surface area (Å²) >= 11 is 0. The van der Waals surface area contributed by atoms with Crippen molar-refractivity contribution in [1.29, 1.82) is 0 Å². The molecular formula is C16H42N4O2P2S2. The maximum Gasteiger partial charge on any atom is 0.187 e. The summed E-state index contributed by atoms with van der Waals surface area (Å²) in [5, 5.41) is 0. The van der Waals surface area contributed by atoms with E-state index in [4.69, 9.17) is 31.1 Å². The molecule has 1 rings (SSSR count). The van der Waals surface area contributed by atoms with E-state index in [-0.39, 0.29) is 5.92 Å². The van der Waals surface area contributed by atoms with Gasteiger partial charge in [-0.3, -0.25) is 22.0 Å². The maximum atomic E-state index is 6.52. The van der Waals surface area contributed by atoms with Gasteiger partial charge in [-0.1, -0.05) is 6.92 Å². The van der Waals surface area contributed by atoms with Crippen molar-refractivity contribution < 1.29 is 9.05 Å². The SMILES string of the molecule is CC1C=C(OP(N)(N)=S(C)(C)(C)C)C=CC1(C)OP(N)(N)=S(C)(C)(C)C. The highest BCUT2D eigenvalue weighted by Gasteiger charge is 2.38. The zero-order valence-corrected chi connectivity index (χ0v) is 21.6. The van der Waals surface area contributed by atoms with Crippen molar-refractivity contribution in [2.75, 3.05) is 50.0 Å². The molecule has 26 heavy (non-hydrogen) atoms. The lowest BCUT2D eigenvalue weighted by Crippen LogP contribution is -2.42. The standard InChI is InChI=1S/C16H42N4O2P2S2/c1-14-13-15(21-23(17,18)25(3,4,5)6)11-12-16(14,2)22-24(19,20)26(7,8,9)10/h11-14H,17-20H2,1-10H3. The van der Waals surface area contributed by atoms with E-state index in [1.54, 1.807) is 0 Å². The first-order valence-corrected chi connectivity index (χ1v) is 20.6. The molecule has 2 unspecified atom stereocenters. The minimum atomic E-state index is -2.56. The third-order valence-corrected chi connectivity index (χ3v) is 24.7. The Hall–Kier alpha value is 0.640. The summed E-state index contributed by atoms with van der Waals surface area (Å²) in [6, 6.07) is 0. The van der Waals surface area contributed by atoms with Crippen LogP contribution in [0.15, 0.2) is 24.0 Å². The summed E-state index contributed by atoms with van der Waals surface area (Å²) in [5.74, 6) is 0.719. The van der Waals surface area contributed by atoms with Crippen molar-refractivity contribution in [3.8, 4) is 0 Å². The molecule has 160 valence electrons. The largest absolute Gasteiger partial charge is 0.447 e. The summed E-state index contributed by atoms with van der Waals surface area (Å²) in [7, 11) is -4.02. The van der Waals surface area contributed by atoms with Gasteiger partial charge in [-0.2, -0.15) is 0 Å². The van der Waals surface area contributed by atoms with Crippen molar-refractivity contribution in [2.45, 2.75) is 19.4 Å². The van der Waals surface area contributed by atoms with Gasteiger partial charge in [0.15, 0.2) is 6.57 Å². The molecule has 10 heteroatoms. The minimum Gasteiger partial charge on any atom is -0.447 e. The molecule has 0 aromatic carbocycles. The van der Waals surface area contributed by atoms with Gasteiger partial charge in [0.25, 0.3) is 0 Å². The first kappa shape index (κ1) is 24.7. The Kier molecular flexibility index (Phi) is 6.00. The van der Waals surface area contributed by atoms with Crippen LogP contribution in [-0.2, 0) is 25.7 Å². The highest BCUT2D eigenvalue weighted by molar-refractivity contribution is 8.51. The van der Waals surface area contributed by atoms with E-state index in [0.29, 0.717) is 5.76 Å². The molecular weight excluding hydrogens is 406 g/mol. The molecule has 1 aliphatic carbocycles. The molecule has 0 radical (unpaired) electrons. The second kappa shape index (κ2) is 6.32. The fraction of sp³-hybridized carbons (Fsp3) is 0.750. The molecule has 0 heterocycles. The number of hydrogen-bond donors (Lipinski definition) is 4. The maximum absolute atomic E-state index is 6.52. The second-order valence-corrected chi connectivity index (χ2v) is 38.6. The molecule has 2 atom stereocenters. The van der Waals surface area contributed by atoms with Gasteiger partial charge < -0.3 is 9.05 Å². The van der Waals surface area contributed by atoms with Crippen LogP contribution in [0.3, 0.4) is 0 Å². The third-order valence-electron chi connectivity index (χ3n) is 4.77. The average molecular weight is 449 g/mol. The van der Waals surface area contributed by atoms with Crippen molar-refractivity contribution in [1.82, 2.24) is 0 Å². The first-order chi connectivity index (χ1) is 10.9. The molecule has 0 amide bonds. The summed E-state index contributed by atoms with van der Waals surface area (Å²) in [6.07, 6.45) is 22.9. The van der Waals surface area contributed by atoms with Crippen LogP contribution in [-0.4, -0.2) is 55.6 Å². The molecule has 1 aliphatic rings. The van der Waals surface area contributed by atoms with Gasteiger partial charge >= 0.3 is 0 Å². The van der Waals surface area contributed by atoms with Crippen LogP contribution in [0.1, 0.15) is 13.8 Å². The van der Waals surface area contributed by atoms with Crippen LogP contribution in [0, 0.1) is 5.92 Å². The second-order valence-electron chi connectivity index (χ2n) is 10.7. The Bertz CT molecular complexity index is 820. The summed E-state index contributed by atoms with van der Waals surface area (Å²) in [6.45, 7) is -1.02. The van der Waals surface area contributed by atoms with Crippen molar-refractivity contribution in [3.63, 3.8) is 0 Å². The van der Waals surface area contributed by atoms with E-state index < -0.39 is 35.4 Å². The Morgan fingerprint density at radius 3 is 1.65 bits per heavy atom. The lowest BCUT2D eigenvalue weighted by Gasteiger charge is -2.47. The third kappa shape index (κ3) is 5.16. The smallest absolute Gasteiger partial charge is 0.187 e. The van der Waals surface area contributed by atoms with Gasteiger partial charge in [-0.05, 0) is 75.2 Å². The van der Waals surface area contributed by atoms with Gasteiger partial charge in [0.2, 0.25) is 0 Å². The predicted molar refractivity (Wildman–Crippen MR) is 130 cm³/mol. The van der Waals surface area contributed by atoms with Crippen molar-refractivity contribution >= 4 is 29.8 Å². The molecule has 0 aromatic heterocycles. The van der Waals surface area contributed by atoms with Crippen LogP contribution in [0.2, 0.25) is 0 Å². The minimum absolute atomic E-state index is 0.0226. The van der Waals surface area contributed by atoms with Crippen LogP contribution >= 0.6 is 13.1 Å². The summed E-state index contributed by atoms with van der Waals surface area (Å²) in [4.78, 5) is 0.